The summed E-state index contributed by atoms with van der Waals surface area (Å²) >= 11 is 0. The van der Waals surface area contributed by atoms with E-state index < -0.39 is 0 Å². The molecule has 3 rings (SSSR count). The average molecular weight is 281 g/mol. The van der Waals surface area contributed by atoms with Gasteiger partial charge in [-0.1, -0.05) is 32.1 Å². The van der Waals surface area contributed by atoms with Crippen molar-refractivity contribution in [1.82, 2.24) is 4.90 Å². The van der Waals surface area contributed by atoms with Crippen molar-refractivity contribution >= 4 is 0 Å². The molecule has 0 radical (unpaired) electrons. The molecule has 0 aromatic carbocycles. The molecule has 3 fully saturated rings. The van der Waals surface area contributed by atoms with Gasteiger partial charge >= 0.3 is 0 Å². The molecule has 20 heavy (non-hydrogen) atoms. The van der Waals surface area contributed by atoms with Crippen molar-refractivity contribution in [1.29, 1.82) is 0 Å². The van der Waals surface area contributed by atoms with Crippen LogP contribution in [0, 0.1) is 5.92 Å². The van der Waals surface area contributed by atoms with Crippen molar-refractivity contribution in [3.05, 3.63) is 0 Å². The van der Waals surface area contributed by atoms with Gasteiger partial charge in [0.15, 0.2) is 0 Å². The van der Waals surface area contributed by atoms with Crippen LogP contribution in [0.3, 0.4) is 0 Å². The third-order valence-electron chi connectivity index (χ3n) is 5.99. The summed E-state index contributed by atoms with van der Waals surface area (Å²) in [6.45, 7) is 1.13. The summed E-state index contributed by atoms with van der Waals surface area (Å²) in [5, 5.41) is 20.8. The topological polar surface area (TPSA) is 43.7 Å². The van der Waals surface area contributed by atoms with Crippen LogP contribution in [0.25, 0.3) is 0 Å². The molecule has 1 saturated heterocycles. The quantitative estimate of drug-likeness (QED) is 0.818. The van der Waals surface area contributed by atoms with E-state index in [1.54, 1.807) is 0 Å². The van der Waals surface area contributed by atoms with Gasteiger partial charge in [-0.05, 0) is 45.1 Å². The molecule has 3 heteroatoms. The first-order valence-corrected chi connectivity index (χ1v) is 8.89. The van der Waals surface area contributed by atoms with Gasteiger partial charge in [-0.15, -0.1) is 0 Å². The lowest BCUT2D eigenvalue weighted by molar-refractivity contribution is -0.0613. The van der Waals surface area contributed by atoms with Gasteiger partial charge in [0, 0.05) is 18.0 Å². The number of likely N-dealkylation sites (tertiary alicyclic amines) is 1. The molecule has 5 unspecified atom stereocenters. The van der Waals surface area contributed by atoms with Crippen LogP contribution in [0.15, 0.2) is 0 Å². The first-order chi connectivity index (χ1) is 9.77. The molecule has 1 aliphatic heterocycles. The minimum absolute atomic E-state index is 0.102. The molecule has 1 heterocycles. The minimum Gasteiger partial charge on any atom is -0.393 e. The predicted octanol–water partition coefficient (Wildman–Crippen LogP) is 2.70. The standard InChI is InChI=1S/C17H31NO2/c19-16-10-3-1-7-13(16)14-8-5-6-12-18(14)15-9-2-4-11-17(15)20/h13-17,19-20H,1-12H2. The SMILES string of the molecule is OC1CCCCC1C1CCCCN1C1CCCCC1O. The Morgan fingerprint density at radius 3 is 1.95 bits per heavy atom. The highest BCUT2D eigenvalue weighted by Crippen LogP contribution is 2.37. The highest BCUT2D eigenvalue weighted by atomic mass is 16.3. The lowest BCUT2D eigenvalue weighted by atomic mass is 9.76. The lowest BCUT2D eigenvalue weighted by Crippen LogP contribution is -2.56. The van der Waals surface area contributed by atoms with Crippen LogP contribution in [0.1, 0.15) is 70.6 Å². The van der Waals surface area contributed by atoms with Crippen molar-refractivity contribution in [2.75, 3.05) is 6.54 Å². The van der Waals surface area contributed by atoms with Crippen LogP contribution in [0.2, 0.25) is 0 Å². The third-order valence-corrected chi connectivity index (χ3v) is 5.99. The van der Waals surface area contributed by atoms with E-state index in [1.807, 2.05) is 0 Å². The Kier molecular flexibility index (Phi) is 5.00. The number of aliphatic hydroxyl groups is 2. The van der Waals surface area contributed by atoms with Crippen molar-refractivity contribution in [2.45, 2.75) is 94.9 Å². The highest BCUT2D eigenvalue weighted by molar-refractivity contribution is 4.94. The Balaban J connectivity index is 1.72. The molecule has 0 spiro atoms. The molecule has 3 aliphatic rings. The highest BCUT2D eigenvalue weighted by Gasteiger charge is 2.40. The molecule has 0 aromatic heterocycles. The van der Waals surface area contributed by atoms with Gasteiger partial charge in [0.25, 0.3) is 0 Å². The maximum Gasteiger partial charge on any atom is 0.0695 e. The normalized spacial score (nSPS) is 44.4. The van der Waals surface area contributed by atoms with Gasteiger partial charge in [0.05, 0.1) is 12.2 Å². The summed E-state index contributed by atoms with van der Waals surface area (Å²) < 4.78 is 0. The van der Waals surface area contributed by atoms with E-state index in [9.17, 15) is 10.2 Å². The molecule has 0 amide bonds. The van der Waals surface area contributed by atoms with Crippen LogP contribution in [0.4, 0.5) is 0 Å². The Morgan fingerprint density at radius 1 is 0.600 bits per heavy atom. The molecular weight excluding hydrogens is 250 g/mol. The number of aliphatic hydroxyl groups excluding tert-OH is 2. The molecule has 0 aromatic rings. The van der Waals surface area contributed by atoms with Crippen LogP contribution >= 0.6 is 0 Å². The fourth-order valence-electron chi connectivity index (χ4n) is 4.92. The van der Waals surface area contributed by atoms with Gasteiger partial charge in [0.1, 0.15) is 0 Å². The average Bonchev–Trinajstić information content (AvgIpc) is 2.48. The Morgan fingerprint density at radius 2 is 1.20 bits per heavy atom. The molecule has 0 bridgehead atoms. The van der Waals surface area contributed by atoms with Gasteiger partial charge in [-0.25, -0.2) is 0 Å². The van der Waals surface area contributed by atoms with Crippen LogP contribution in [-0.2, 0) is 0 Å². The smallest absolute Gasteiger partial charge is 0.0695 e. The van der Waals surface area contributed by atoms with E-state index in [1.165, 1.54) is 51.4 Å². The second-order valence-electron chi connectivity index (χ2n) is 7.24. The van der Waals surface area contributed by atoms with E-state index in [0.29, 0.717) is 18.0 Å². The van der Waals surface area contributed by atoms with E-state index >= 15 is 0 Å². The van der Waals surface area contributed by atoms with Gasteiger partial charge in [-0.3, -0.25) is 4.90 Å². The van der Waals surface area contributed by atoms with E-state index in [2.05, 4.69) is 4.90 Å². The number of hydrogen-bond acceptors (Lipinski definition) is 3. The maximum absolute atomic E-state index is 10.4. The first-order valence-electron chi connectivity index (χ1n) is 8.89. The zero-order valence-electron chi connectivity index (χ0n) is 12.7. The van der Waals surface area contributed by atoms with E-state index in [4.69, 9.17) is 0 Å². The largest absolute Gasteiger partial charge is 0.393 e. The van der Waals surface area contributed by atoms with Crippen molar-refractivity contribution < 1.29 is 10.2 Å². The Bertz CT molecular complexity index is 279. The number of rotatable bonds is 2. The molecule has 2 aliphatic carbocycles. The van der Waals surface area contributed by atoms with E-state index in [0.717, 1.165) is 25.8 Å². The zero-order valence-corrected chi connectivity index (χ0v) is 12.7. The summed E-state index contributed by atoms with van der Waals surface area (Å²) in [6, 6.07) is 0.889. The summed E-state index contributed by atoms with van der Waals surface area (Å²) in [4.78, 5) is 2.60. The van der Waals surface area contributed by atoms with Crippen LogP contribution in [0.5, 0.6) is 0 Å². The molecule has 5 atom stereocenters. The van der Waals surface area contributed by atoms with Gasteiger partial charge in [-0.2, -0.15) is 0 Å². The fraction of sp³-hybridized carbons (Fsp3) is 1.00. The molecule has 2 N–H and O–H groups in total. The number of nitrogens with zero attached hydrogens (tertiary/aromatic N) is 1. The second-order valence-corrected chi connectivity index (χ2v) is 7.24. The minimum atomic E-state index is -0.134. The van der Waals surface area contributed by atoms with Crippen molar-refractivity contribution in [3.63, 3.8) is 0 Å². The number of hydrogen-bond donors (Lipinski definition) is 2. The first kappa shape index (κ1) is 14.8. The predicted molar refractivity (Wildman–Crippen MR) is 80.6 cm³/mol. The summed E-state index contributed by atoms with van der Waals surface area (Å²) in [5.41, 5.74) is 0. The van der Waals surface area contributed by atoms with E-state index in [-0.39, 0.29) is 12.2 Å². The fourth-order valence-corrected chi connectivity index (χ4v) is 4.92. The van der Waals surface area contributed by atoms with Crippen LogP contribution < -0.4 is 0 Å². The molecule has 2 saturated carbocycles. The summed E-state index contributed by atoms with van der Waals surface area (Å²) in [5.74, 6) is 0.457. The second kappa shape index (κ2) is 6.76. The monoisotopic (exact) mass is 281 g/mol. The third kappa shape index (κ3) is 3.05. The molecule has 116 valence electrons. The molecule has 3 nitrogen and oxygen atoms in total. The number of piperidine rings is 1. The Hall–Kier alpha value is -0.120. The van der Waals surface area contributed by atoms with Crippen molar-refractivity contribution in [2.24, 2.45) is 5.92 Å². The summed E-state index contributed by atoms with van der Waals surface area (Å²) in [7, 11) is 0. The lowest BCUT2D eigenvalue weighted by Gasteiger charge is -2.49. The maximum atomic E-state index is 10.4. The van der Waals surface area contributed by atoms with Gasteiger partial charge < -0.3 is 10.2 Å². The van der Waals surface area contributed by atoms with Gasteiger partial charge in [0.2, 0.25) is 0 Å². The summed E-state index contributed by atoms with van der Waals surface area (Å²) in [6.07, 6.45) is 12.8. The zero-order chi connectivity index (χ0) is 13.9. The Labute approximate surface area is 123 Å². The molecular formula is C17H31NO2. The van der Waals surface area contributed by atoms with Crippen molar-refractivity contribution in [3.8, 4) is 0 Å². The van der Waals surface area contributed by atoms with Crippen LogP contribution in [-0.4, -0.2) is 45.9 Å².